The van der Waals surface area contributed by atoms with Gasteiger partial charge in [0.25, 0.3) is 0 Å². The summed E-state index contributed by atoms with van der Waals surface area (Å²) in [6.07, 6.45) is 0.545. The second-order valence-electron chi connectivity index (χ2n) is 5.47. The maximum absolute atomic E-state index is 12.4. The molecule has 4 N–H and O–H groups in total. The number of halogens is 1. The highest BCUT2D eigenvalue weighted by molar-refractivity contribution is 7.89. The Morgan fingerprint density at radius 3 is 2.08 bits per heavy atom. The van der Waals surface area contributed by atoms with Gasteiger partial charge in [0, 0.05) is 5.02 Å². The van der Waals surface area contributed by atoms with Crippen molar-refractivity contribution in [2.24, 2.45) is 5.73 Å². The lowest BCUT2D eigenvalue weighted by Gasteiger charge is -2.14. The maximum Gasteiger partial charge on any atom is 0.321 e. The summed E-state index contributed by atoms with van der Waals surface area (Å²) in [6.45, 7) is 0.293. The van der Waals surface area contributed by atoms with E-state index in [1.807, 2.05) is 12.1 Å². The Balaban J connectivity index is 2.19. The van der Waals surface area contributed by atoms with Gasteiger partial charge in [-0.2, -0.15) is 4.72 Å². The van der Waals surface area contributed by atoms with E-state index in [4.69, 9.17) is 22.4 Å². The van der Waals surface area contributed by atoms with Crippen LogP contribution in [0.25, 0.3) is 11.1 Å². The normalized spacial score (nSPS) is 12.7. The van der Waals surface area contributed by atoms with Crippen LogP contribution in [0.1, 0.15) is 12.8 Å². The minimum atomic E-state index is -3.93. The zero-order chi connectivity index (χ0) is 18.4. The Labute approximate surface area is 151 Å². The van der Waals surface area contributed by atoms with Crippen molar-refractivity contribution in [1.82, 2.24) is 4.72 Å². The van der Waals surface area contributed by atoms with Gasteiger partial charge in [-0.15, -0.1) is 0 Å². The summed E-state index contributed by atoms with van der Waals surface area (Å²) in [5.74, 6) is -1.23. The molecule has 0 heterocycles. The summed E-state index contributed by atoms with van der Waals surface area (Å²) < 4.78 is 27.0. The van der Waals surface area contributed by atoms with Gasteiger partial charge in [-0.1, -0.05) is 35.9 Å². The van der Waals surface area contributed by atoms with Gasteiger partial charge in [-0.3, -0.25) is 4.79 Å². The third kappa shape index (κ3) is 5.27. The van der Waals surface area contributed by atoms with Crippen molar-refractivity contribution in [3.8, 4) is 11.1 Å². The Hall–Kier alpha value is -1.93. The zero-order valence-corrected chi connectivity index (χ0v) is 14.9. The zero-order valence-electron chi connectivity index (χ0n) is 13.4. The molecule has 0 saturated heterocycles. The lowest BCUT2D eigenvalue weighted by atomic mass is 10.1. The number of sulfonamides is 1. The Bertz CT molecular complexity index is 821. The summed E-state index contributed by atoms with van der Waals surface area (Å²) in [7, 11) is -3.93. The van der Waals surface area contributed by atoms with Crippen LogP contribution in [-0.2, 0) is 14.8 Å². The fourth-order valence-corrected chi connectivity index (χ4v) is 3.63. The topological polar surface area (TPSA) is 109 Å². The number of hydrogen-bond acceptors (Lipinski definition) is 4. The van der Waals surface area contributed by atoms with Crippen LogP contribution in [0, 0.1) is 0 Å². The van der Waals surface area contributed by atoms with Gasteiger partial charge in [0.1, 0.15) is 6.04 Å². The molecule has 0 aliphatic carbocycles. The molecule has 2 aromatic rings. The van der Waals surface area contributed by atoms with Crippen molar-refractivity contribution in [3.63, 3.8) is 0 Å². The first-order valence-corrected chi connectivity index (χ1v) is 9.51. The van der Waals surface area contributed by atoms with Gasteiger partial charge >= 0.3 is 5.97 Å². The smallest absolute Gasteiger partial charge is 0.321 e. The molecule has 2 rings (SSSR count). The summed E-state index contributed by atoms with van der Waals surface area (Å²) in [5, 5.41) is 9.76. The van der Waals surface area contributed by atoms with E-state index in [9.17, 15) is 13.2 Å². The molecule has 0 unspecified atom stereocenters. The highest BCUT2D eigenvalue weighted by Crippen LogP contribution is 2.23. The van der Waals surface area contributed by atoms with Crippen LogP contribution in [0.2, 0.25) is 5.02 Å². The first kappa shape index (κ1) is 19.4. The molecule has 134 valence electrons. The monoisotopic (exact) mass is 382 g/mol. The van der Waals surface area contributed by atoms with Crippen LogP contribution < -0.4 is 10.5 Å². The number of rotatable bonds is 8. The van der Waals surface area contributed by atoms with Crippen LogP contribution in [0.4, 0.5) is 0 Å². The average Bonchev–Trinajstić information content (AvgIpc) is 2.59. The molecule has 0 saturated carbocycles. The minimum absolute atomic E-state index is 0.00390. The van der Waals surface area contributed by atoms with Gasteiger partial charge in [0.15, 0.2) is 0 Å². The van der Waals surface area contributed by atoms with Crippen molar-refractivity contribution in [2.75, 3.05) is 6.54 Å². The predicted octanol–water partition coefficient (Wildman–Crippen LogP) is 2.48. The number of benzene rings is 2. The molecule has 0 bridgehead atoms. The number of aliphatic carboxylic acids is 1. The molecule has 0 aliphatic heterocycles. The first-order valence-electron chi connectivity index (χ1n) is 7.64. The molecule has 2 aromatic carbocycles. The first-order chi connectivity index (χ1) is 11.8. The third-order valence-electron chi connectivity index (χ3n) is 3.63. The van der Waals surface area contributed by atoms with Crippen molar-refractivity contribution >= 4 is 27.6 Å². The molecule has 0 fully saturated rings. The summed E-state index contributed by atoms with van der Waals surface area (Å²) in [4.78, 5) is 11.2. The molecule has 25 heavy (non-hydrogen) atoms. The molecule has 0 amide bonds. The summed E-state index contributed by atoms with van der Waals surface area (Å²) in [6, 6.07) is 12.2. The molecule has 0 radical (unpaired) electrons. The minimum Gasteiger partial charge on any atom is -0.480 e. The average molecular weight is 383 g/mol. The highest BCUT2D eigenvalue weighted by atomic mass is 35.5. The number of carboxylic acid groups (broad SMARTS) is 1. The van der Waals surface area contributed by atoms with E-state index in [0.717, 1.165) is 11.1 Å². The summed E-state index contributed by atoms with van der Waals surface area (Å²) >= 11 is 5.85. The van der Waals surface area contributed by atoms with E-state index in [2.05, 4.69) is 4.72 Å². The third-order valence-corrected chi connectivity index (χ3v) is 5.37. The fourth-order valence-electron chi connectivity index (χ4n) is 2.28. The lowest BCUT2D eigenvalue weighted by molar-refractivity contribution is -0.139. The lowest BCUT2D eigenvalue weighted by Crippen LogP contribution is -2.40. The van der Waals surface area contributed by atoms with Crippen molar-refractivity contribution in [1.29, 1.82) is 0 Å². The molecule has 0 aliphatic rings. The number of hydrogen-bond donors (Lipinski definition) is 3. The molecular formula is C17H19ClN2O4S. The van der Waals surface area contributed by atoms with Gasteiger partial charge in [0.05, 0.1) is 4.90 Å². The van der Waals surface area contributed by atoms with Crippen LogP contribution in [0.3, 0.4) is 0 Å². The van der Waals surface area contributed by atoms with Crippen molar-refractivity contribution in [2.45, 2.75) is 23.8 Å². The number of nitrogens with one attached hydrogen (secondary N) is 1. The van der Waals surface area contributed by atoms with Gasteiger partial charge in [0.2, 0.25) is 10.0 Å². The molecular weight excluding hydrogens is 364 g/mol. The SMILES string of the molecule is NCCC[C@@H](NS(=O)(=O)c1ccc(-c2ccc(Cl)cc2)cc1)C(=O)O. The molecule has 0 spiro atoms. The largest absolute Gasteiger partial charge is 0.480 e. The van der Waals surface area contributed by atoms with Gasteiger partial charge < -0.3 is 10.8 Å². The van der Waals surface area contributed by atoms with Crippen LogP contribution in [0.5, 0.6) is 0 Å². The van der Waals surface area contributed by atoms with Crippen LogP contribution >= 0.6 is 11.6 Å². The fraction of sp³-hybridized carbons (Fsp3) is 0.235. The molecule has 1 atom stereocenters. The van der Waals surface area contributed by atoms with E-state index in [-0.39, 0.29) is 11.3 Å². The molecule has 6 nitrogen and oxygen atoms in total. The van der Waals surface area contributed by atoms with E-state index in [1.54, 1.807) is 24.3 Å². The molecule has 8 heteroatoms. The standard InChI is InChI=1S/C17H19ClN2O4S/c18-14-7-3-12(4-8-14)13-5-9-15(10-6-13)25(23,24)20-16(17(21)22)2-1-11-19/h3-10,16,20H,1-2,11,19H2,(H,21,22)/t16-/m1/s1. The van der Waals surface area contributed by atoms with Gasteiger partial charge in [-0.25, -0.2) is 8.42 Å². The number of carboxylic acids is 1. The summed E-state index contributed by atoms with van der Waals surface area (Å²) in [5.41, 5.74) is 7.08. The van der Waals surface area contributed by atoms with Crippen molar-refractivity contribution in [3.05, 3.63) is 53.6 Å². The number of nitrogens with two attached hydrogens (primary N) is 1. The Morgan fingerprint density at radius 1 is 1.08 bits per heavy atom. The van der Waals surface area contributed by atoms with E-state index < -0.39 is 22.0 Å². The van der Waals surface area contributed by atoms with E-state index in [1.165, 1.54) is 12.1 Å². The predicted molar refractivity (Wildman–Crippen MR) is 96.9 cm³/mol. The second kappa shape index (κ2) is 8.44. The van der Waals surface area contributed by atoms with Crippen LogP contribution in [0.15, 0.2) is 53.4 Å². The maximum atomic E-state index is 12.4. The Morgan fingerprint density at radius 2 is 1.60 bits per heavy atom. The quantitative estimate of drug-likeness (QED) is 0.649. The van der Waals surface area contributed by atoms with Gasteiger partial charge in [-0.05, 0) is 54.8 Å². The van der Waals surface area contributed by atoms with E-state index in [0.29, 0.717) is 18.0 Å². The molecule has 0 aromatic heterocycles. The highest BCUT2D eigenvalue weighted by Gasteiger charge is 2.24. The second-order valence-corrected chi connectivity index (χ2v) is 7.62. The van der Waals surface area contributed by atoms with Crippen molar-refractivity contribution < 1.29 is 18.3 Å². The van der Waals surface area contributed by atoms with E-state index >= 15 is 0 Å². The number of carbonyl (C=O) groups is 1. The Kier molecular flexibility index (Phi) is 6.55. The van der Waals surface area contributed by atoms with Crippen LogP contribution in [-0.4, -0.2) is 32.1 Å².